The molecule has 0 aliphatic heterocycles. The molecular weight excluding hydrogens is 268 g/mol. The average Bonchev–Trinajstić information content (AvgIpc) is 2.44. The molecule has 0 N–H and O–H groups in total. The van der Waals surface area contributed by atoms with Gasteiger partial charge in [-0.25, -0.2) is 0 Å². The van der Waals surface area contributed by atoms with Crippen LogP contribution in [0.15, 0.2) is 0 Å². The van der Waals surface area contributed by atoms with Crippen LogP contribution in [0.4, 0.5) is 0 Å². The highest BCUT2D eigenvalue weighted by Crippen LogP contribution is 2.43. The fourth-order valence-corrected chi connectivity index (χ4v) is 4.16. The standard InChI is InChI=1S/C21H40O/c1-6-18-16-21(4,5)15-14-19(18)20(22)13-11-9-7-8-10-12-17(2)3/h17-19H,6-16H2,1-5H3. The molecule has 130 valence electrons. The van der Waals surface area contributed by atoms with Crippen molar-refractivity contribution in [2.75, 3.05) is 0 Å². The first-order chi connectivity index (χ1) is 10.4. The van der Waals surface area contributed by atoms with E-state index in [2.05, 4.69) is 34.6 Å². The lowest BCUT2D eigenvalue weighted by atomic mass is 9.65. The Hall–Kier alpha value is -0.330. The lowest BCUT2D eigenvalue weighted by Crippen LogP contribution is -2.34. The van der Waals surface area contributed by atoms with Gasteiger partial charge in [0.25, 0.3) is 0 Å². The molecule has 1 fully saturated rings. The molecule has 0 aromatic heterocycles. The molecule has 0 bridgehead atoms. The van der Waals surface area contributed by atoms with Crippen LogP contribution in [0.2, 0.25) is 0 Å². The van der Waals surface area contributed by atoms with Crippen LogP contribution in [-0.4, -0.2) is 5.78 Å². The maximum Gasteiger partial charge on any atom is 0.136 e. The van der Waals surface area contributed by atoms with E-state index in [4.69, 9.17) is 0 Å². The average molecular weight is 309 g/mol. The third-order valence-corrected chi connectivity index (χ3v) is 5.66. The quantitative estimate of drug-likeness (QED) is 0.406. The van der Waals surface area contributed by atoms with Gasteiger partial charge in [-0.05, 0) is 42.9 Å². The van der Waals surface area contributed by atoms with Crippen LogP contribution in [0, 0.1) is 23.2 Å². The minimum absolute atomic E-state index is 0.374. The summed E-state index contributed by atoms with van der Waals surface area (Å²) in [7, 11) is 0. The zero-order chi connectivity index (χ0) is 16.6. The number of hydrogen-bond acceptors (Lipinski definition) is 1. The predicted octanol–water partition coefficient (Wildman–Crippen LogP) is 6.79. The number of unbranched alkanes of at least 4 members (excludes halogenated alkanes) is 4. The summed E-state index contributed by atoms with van der Waals surface area (Å²) in [5.74, 6) is 2.42. The Labute approximate surface area is 139 Å². The number of ketones is 1. The molecule has 1 heteroatoms. The Bertz CT molecular complexity index is 316. The van der Waals surface area contributed by atoms with E-state index in [1.807, 2.05) is 0 Å². The molecule has 0 aromatic carbocycles. The molecule has 1 aliphatic rings. The normalized spacial score (nSPS) is 24.6. The molecule has 1 aliphatic carbocycles. The van der Waals surface area contributed by atoms with Crippen molar-refractivity contribution in [3.05, 3.63) is 0 Å². The van der Waals surface area contributed by atoms with E-state index in [0.717, 1.165) is 25.2 Å². The molecule has 2 atom stereocenters. The summed E-state index contributed by atoms with van der Waals surface area (Å²) in [6, 6.07) is 0. The van der Waals surface area contributed by atoms with Gasteiger partial charge in [-0.3, -0.25) is 4.79 Å². The summed E-state index contributed by atoms with van der Waals surface area (Å²) < 4.78 is 0. The van der Waals surface area contributed by atoms with Gasteiger partial charge in [-0.15, -0.1) is 0 Å². The number of Topliss-reactive ketones (excluding diaryl/α,β-unsaturated/α-hetero) is 1. The van der Waals surface area contributed by atoms with Gasteiger partial charge in [0.15, 0.2) is 0 Å². The number of carbonyl (C=O) groups is 1. The summed E-state index contributed by atoms with van der Waals surface area (Å²) in [6.07, 6.45) is 13.4. The van der Waals surface area contributed by atoms with Crippen LogP contribution in [-0.2, 0) is 4.79 Å². The van der Waals surface area contributed by atoms with Gasteiger partial charge >= 0.3 is 0 Å². The van der Waals surface area contributed by atoms with Gasteiger partial charge in [-0.1, -0.05) is 73.1 Å². The summed E-state index contributed by atoms with van der Waals surface area (Å²) in [4.78, 5) is 12.6. The second-order valence-corrected chi connectivity index (χ2v) is 8.85. The zero-order valence-corrected chi connectivity index (χ0v) is 15.9. The maximum absolute atomic E-state index is 12.6. The highest BCUT2D eigenvalue weighted by molar-refractivity contribution is 5.81. The van der Waals surface area contributed by atoms with Crippen molar-refractivity contribution in [3.63, 3.8) is 0 Å². The lowest BCUT2D eigenvalue weighted by molar-refractivity contribution is -0.126. The molecule has 1 rings (SSSR count). The van der Waals surface area contributed by atoms with Crippen molar-refractivity contribution in [2.24, 2.45) is 23.2 Å². The Morgan fingerprint density at radius 3 is 2.36 bits per heavy atom. The third-order valence-electron chi connectivity index (χ3n) is 5.66. The fraction of sp³-hybridized carbons (Fsp3) is 0.952. The zero-order valence-electron chi connectivity index (χ0n) is 15.9. The molecule has 1 saturated carbocycles. The van der Waals surface area contributed by atoms with E-state index in [0.29, 0.717) is 23.0 Å². The van der Waals surface area contributed by atoms with E-state index in [-0.39, 0.29) is 0 Å². The van der Waals surface area contributed by atoms with Crippen LogP contribution < -0.4 is 0 Å². The molecule has 22 heavy (non-hydrogen) atoms. The smallest absolute Gasteiger partial charge is 0.136 e. The van der Waals surface area contributed by atoms with E-state index < -0.39 is 0 Å². The summed E-state index contributed by atoms with van der Waals surface area (Å²) >= 11 is 0. The Morgan fingerprint density at radius 1 is 1.09 bits per heavy atom. The summed E-state index contributed by atoms with van der Waals surface area (Å²) in [6.45, 7) is 11.6. The SMILES string of the molecule is CCC1CC(C)(C)CCC1C(=O)CCCCCCCC(C)C. The highest BCUT2D eigenvalue weighted by atomic mass is 16.1. The predicted molar refractivity (Wildman–Crippen MR) is 97.1 cm³/mol. The van der Waals surface area contributed by atoms with Gasteiger partial charge in [0, 0.05) is 12.3 Å². The molecule has 2 unspecified atom stereocenters. The topological polar surface area (TPSA) is 17.1 Å². The first-order valence-electron chi connectivity index (χ1n) is 9.88. The van der Waals surface area contributed by atoms with Crippen LogP contribution in [0.3, 0.4) is 0 Å². The van der Waals surface area contributed by atoms with Crippen LogP contribution >= 0.6 is 0 Å². The third kappa shape index (κ3) is 7.29. The Kier molecular flexibility index (Phi) is 8.72. The first kappa shape index (κ1) is 19.7. The monoisotopic (exact) mass is 308 g/mol. The van der Waals surface area contributed by atoms with Crippen molar-refractivity contribution in [1.82, 2.24) is 0 Å². The Morgan fingerprint density at radius 2 is 1.73 bits per heavy atom. The van der Waals surface area contributed by atoms with Crippen molar-refractivity contribution < 1.29 is 4.79 Å². The largest absolute Gasteiger partial charge is 0.299 e. The van der Waals surface area contributed by atoms with E-state index >= 15 is 0 Å². The van der Waals surface area contributed by atoms with Gasteiger partial charge in [0.2, 0.25) is 0 Å². The van der Waals surface area contributed by atoms with Crippen molar-refractivity contribution in [3.8, 4) is 0 Å². The second-order valence-electron chi connectivity index (χ2n) is 8.85. The molecule has 1 nitrogen and oxygen atoms in total. The Balaban J connectivity index is 2.19. The van der Waals surface area contributed by atoms with Gasteiger partial charge in [0.05, 0.1) is 0 Å². The molecule has 0 radical (unpaired) electrons. The molecular formula is C21H40O. The number of rotatable bonds is 10. The van der Waals surface area contributed by atoms with Crippen molar-refractivity contribution in [2.45, 2.75) is 105 Å². The first-order valence-corrected chi connectivity index (χ1v) is 9.88. The van der Waals surface area contributed by atoms with E-state index in [1.165, 1.54) is 51.4 Å². The molecule has 0 aromatic rings. The molecule has 0 heterocycles. The molecule has 0 spiro atoms. The van der Waals surface area contributed by atoms with E-state index in [9.17, 15) is 4.79 Å². The summed E-state index contributed by atoms with van der Waals surface area (Å²) in [5.41, 5.74) is 0.452. The number of hydrogen-bond donors (Lipinski definition) is 0. The van der Waals surface area contributed by atoms with Crippen LogP contribution in [0.25, 0.3) is 0 Å². The number of carbonyl (C=O) groups excluding carboxylic acids is 1. The second kappa shape index (κ2) is 9.73. The van der Waals surface area contributed by atoms with E-state index in [1.54, 1.807) is 0 Å². The highest BCUT2D eigenvalue weighted by Gasteiger charge is 2.36. The van der Waals surface area contributed by atoms with Crippen molar-refractivity contribution in [1.29, 1.82) is 0 Å². The van der Waals surface area contributed by atoms with Gasteiger partial charge < -0.3 is 0 Å². The van der Waals surface area contributed by atoms with Crippen LogP contribution in [0.5, 0.6) is 0 Å². The summed E-state index contributed by atoms with van der Waals surface area (Å²) in [5, 5.41) is 0. The maximum atomic E-state index is 12.6. The minimum atomic E-state index is 0.374. The van der Waals surface area contributed by atoms with Crippen molar-refractivity contribution >= 4 is 5.78 Å². The molecule has 0 amide bonds. The fourth-order valence-electron chi connectivity index (χ4n) is 4.16. The van der Waals surface area contributed by atoms with Crippen LogP contribution in [0.1, 0.15) is 105 Å². The lowest BCUT2D eigenvalue weighted by Gasteiger charge is -2.40. The minimum Gasteiger partial charge on any atom is -0.299 e. The van der Waals surface area contributed by atoms with Gasteiger partial charge in [-0.2, -0.15) is 0 Å². The van der Waals surface area contributed by atoms with Gasteiger partial charge in [0.1, 0.15) is 5.78 Å². The molecule has 0 saturated heterocycles.